The number of rotatable bonds is 6. The summed E-state index contributed by atoms with van der Waals surface area (Å²) in [5, 5.41) is 10.1. The van der Waals surface area contributed by atoms with Crippen LogP contribution in [-0.2, 0) is 6.42 Å². The van der Waals surface area contributed by atoms with Crippen LogP contribution in [0.2, 0.25) is 0 Å². The van der Waals surface area contributed by atoms with E-state index in [0.29, 0.717) is 0 Å². The largest absolute Gasteiger partial charge is 0.387 e. The molecule has 1 heterocycles. The van der Waals surface area contributed by atoms with Crippen LogP contribution in [0.3, 0.4) is 0 Å². The maximum absolute atomic E-state index is 10.1. The number of imidazole rings is 1. The van der Waals surface area contributed by atoms with Gasteiger partial charge in [0, 0.05) is 0 Å². The first-order chi connectivity index (χ1) is 9.58. The molecule has 2 rings (SSSR count). The lowest BCUT2D eigenvalue weighted by Gasteiger charge is -2.11. The molecule has 0 bridgehead atoms. The molecule has 3 nitrogen and oxygen atoms in total. The molecule has 20 heavy (non-hydrogen) atoms. The lowest BCUT2D eigenvalue weighted by molar-refractivity contribution is 0.159. The van der Waals surface area contributed by atoms with E-state index in [9.17, 15) is 5.11 Å². The second kappa shape index (κ2) is 6.71. The third kappa shape index (κ3) is 3.70. The Hall–Kier alpha value is -1.61. The number of aliphatic hydroxyl groups is 1. The van der Waals surface area contributed by atoms with E-state index in [4.69, 9.17) is 0 Å². The van der Waals surface area contributed by atoms with Gasteiger partial charge in [0.05, 0.1) is 18.0 Å². The summed E-state index contributed by atoms with van der Waals surface area (Å²) in [6, 6.07) is 6.45. The number of benzene rings is 1. The van der Waals surface area contributed by atoms with Crippen LogP contribution in [0.15, 0.2) is 24.4 Å². The van der Waals surface area contributed by atoms with Gasteiger partial charge in [-0.05, 0) is 56.7 Å². The van der Waals surface area contributed by atoms with Crippen molar-refractivity contribution >= 4 is 0 Å². The Balaban J connectivity index is 1.79. The van der Waals surface area contributed by atoms with Gasteiger partial charge in [-0.25, -0.2) is 4.98 Å². The number of aliphatic hydroxyl groups excluding tert-OH is 1. The van der Waals surface area contributed by atoms with Crippen molar-refractivity contribution < 1.29 is 5.11 Å². The van der Waals surface area contributed by atoms with E-state index in [1.807, 2.05) is 6.92 Å². The van der Waals surface area contributed by atoms with Crippen LogP contribution in [0.25, 0.3) is 0 Å². The summed E-state index contributed by atoms with van der Waals surface area (Å²) in [6.45, 7) is 6.24. The van der Waals surface area contributed by atoms with Gasteiger partial charge < -0.3 is 10.1 Å². The Kier molecular flexibility index (Phi) is 4.96. The summed E-state index contributed by atoms with van der Waals surface area (Å²) in [7, 11) is 0. The molecule has 3 heteroatoms. The average Bonchev–Trinajstić information content (AvgIpc) is 2.84. The maximum atomic E-state index is 10.1. The molecule has 1 aromatic carbocycles. The molecule has 2 N–H and O–H groups in total. The first-order valence-electron chi connectivity index (χ1n) is 7.32. The van der Waals surface area contributed by atoms with E-state index in [1.54, 1.807) is 6.20 Å². The summed E-state index contributed by atoms with van der Waals surface area (Å²) in [4.78, 5) is 7.21. The molecule has 0 amide bonds. The van der Waals surface area contributed by atoms with Crippen LogP contribution in [0, 0.1) is 20.8 Å². The van der Waals surface area contributed by atoms with E-state index in [2.05, 4.69) is 42.0 Å². The molecule has 0 aliphatic rings. The average molecular weight is 272 g/mol. The van der Waals surface area contributed by atoms with Gasteiger partial charge in [-0.3, -0.25) is 0 Å². The molecule has 1 aromatic heterocycles. The van der Waals surface area contributed by atoms with Gasteiger partial charge in [-0.15, -0.1) is 0 Å². The van der Waals surface area contributed by atoms with Crippen molar-refractivity contribution in [2.45, 2.75) is 52.6 Å². The molecule has 0 fully saturated rings. The highest BCUT2D eigenvalue weighted by Crippen LogP contribution is 2.20. The lowest BCUT2D eigenvalue weighted by Crippen LogP contribution is -1.99. The standard InChI is InChI=1S/C17H24N2O/c1-12-7-6-8-13(2)15(12)9-4-5-10-17(20)16-11-18-14(3)19-16/h6-8,11,17,20H,4-5,9-10H2,1-3H3,(H,18,19). The summed E-state index contributed by atoms with van der Waals surface area (Å²) in [5.74, 6) is 0.856. The van der Waals surface area contributed by atoms with Gasteiger partial charge in [0.2, 0.25) is 0 Å². The second-order valence-electron chi connectivity index (χ2n) is 5.56. The fourth-order valence-corrected chi connectivity index (χ4v) is 2.65. The normalized spacial score (nSPS) is 12.6. The number of hydrogen-bond acceptors (Lipinski definition) is 2. The lowest BCUT2D eigenvalue weighted by atomic mass is 9.97. The minimum atomic E-state index is -0.422. The Labute approximate surface area is 121 Å². The van der Waals surface area contributed by atoms with Gasteiger partial charge in [-0.1, -0.05) is 24.6 Å². The molecule has 0 radical (unpaired) electrons. The van der Waals surface area contributed by atoms with Gasteiger partial charge in [0.1, 0.15) is 5.82 Å². The molecule has 0 spiro atoms. The number of unbranched alkanes of at least 4 members (excludes halogenated alkanes) is 1. The van der Waals surface area contributed by atoms with Crippen LogP contribution in [0.1, 0.15) is 53.6 Å². The molecule has 0 saturated heterocycles. The number of hydrogen-bond donors (Lipinski definition) is 2. The predicted molar refractivity (Wildman–Crippen MR) is 81.8 cm³/mol. The quantitative estimate of drug-likeness (QED) is 0.786. The summed E-state index contributed by atoms with van der Waals surface area (Å²) in [6.07, 6.45) is 5.31. The maximum Gasteiger partial charge on any atom is 0.103 e. The highest BCUT2D eigenvalue weighted by molar-refractivity contribution is 5.33. The van der Waals surface area contributed by atoms with Crippen LogP contribution >= 0.6 is 0 Å². The molecule has 1 unspecified atom stereocenters. The molecular formula is C17H24N2O. The number of nitrogens with zero attached hydrogens (tertiary/aromatic N) is 1. The van der Waals surface area contributed by atoms with E-state index in [0.717, 1.165) is 37.2 Å². The molecule has 108 valence electrons. The second-order valence-corrected chi connectivity index (χ2v) is 5.56. The third-order valence-corrected chi connectivity index (χ3v) is 3.88. The fraction of sp³-hybridized carbons (Fsp3) is 0.471. The summed E-state index contributed by atoms with van der Waals surface area (Å²) < 4.78 is 0. The zero-order valence-electron chi connectivity index (χ0n) is 12.6. The Morgan fingerprint density at radius 2 is 1.85 bits per heavy atom. The van der Waals surface area contributed by atoms with Crippen molar-refractivity contribution in [3.63, 3.8) is 0 Å². The van der Waals surface area contributed by atoms with Gasteiger partial charge in [0.15, 0.2) is 0 Å². The monoisotopic (exact) mass is 272 g/mol. The fourth-order valence-electron chi connectivity index (χ4n) is 2.65. The van der Waals surface area contributed by atoms with E-state index < -0.39 is 6.10 Å². The third-order valence-electron chi connectivity index (χ3n) is 3.88. The number of aryl methyl sites for hydroxylation is 3. The number of aromatic nitrogens is 2. The first kappa shape index (κ1) is 14.8. The highest BCUT2D eigenvalue weighted by atomic mass is 16.3. The van der Waals surface area contributed by atoms with E-state index >= 15 is 0 Å². The van der Waals surface area contributed by atoms with Crippen molar-refractivity contribution in [3.05, 3.63) is 52.6 Å². The molecule has 0 aliphatic heterocycles. The Morgan fingerprint density at radius 3 is 2.45 bits per heavy atom. The summed E-state index contributed by atoms with van der Waals surface area (Å²) in [5.41, 5.74) is 5.03. The van der Waals surface area contributed by atoms with Crippen LogP contribution < -0.4 is 0 Å². The zero-order valence-corrected chi connectivity index (χ0v) is 12.6. The topological polar surface area (TPSA) is 48.9 Å². The van der Waals surface area contributed by atoms with Crippen molar-refractivity contribution in [3.8, 4) is 0 Å². The SMILES string of the molecule is Cc1ncc(C(O)CCCCc2c(C)cccc2C)[nH]1. The molecule has 0 aliphatic carbocycles. The summed E-state index contributed by atoms with van der Waals surface area (Å²) >= 11 is 0. The zero-order chi connectivity index (χ0) is 14.5. The Bertz CT molecular complexity index is 540. The van der Waals surface area contributed by atoms with Crippen LogP contribution in [-0.4, -0.2) is 15.1 Å². The minimum absolute atomic E-state index is 0.422. The number of H-pyrrole nitrogens is 1. The van der Waals surface area contributed by atoms with Crippen molar-refractivity contribution in [2.75, 3.05) is 0 Å². The Morgan fingerprint density at radius 1 is 1.15 bits per heavy atom. The smallest absolute Gasteiger partial charge is 0.103 e. The van der Waals surface area contributed by atoms with Crippen molar-refractivity contribution in [1.29, 1.82) is 0 Å². The van der Waals surface area contributed by atoms with Crippen molar-refractivity contribution in [2.24, 2.45) is 0 Å². The van der Waals surface area contributed by atoms with Gasteiger partial charge in [0.25, 0.3) is 0 Å². The van der Waals surface area contributed by atoms with E-state index in [-0.39, 0.29) is 0 Å². The minimum Gasteiger partial charge on any atom is -0.387 e. The number of aromatic amines is 1. The van der Waals surface area contributed by atoms with Gasteiger partial charge >= 0.3 is 0 Å². The highest BCUT2D eigenvalue weighted by Gasteiger charge is 2.10. The first-order valence-corrected chi connectivity index (χ1v) is 7.32. The van der Waals surface area contributed by atoms with E-state index in [1.165, 1.54) is 16.7 Å². The van der Waals surface area contributed by atoms with Gasteiger partial charge in [-0.2, -0.15) is 0 Å². The molecule has 0 saturated carbocycles. The molecular weight excluding hydrogens is 248 g/mol. The van der Waals surface area contributed by atoms with Crippen LogP contribution in [0.4, 0.5) is 0 Å². The predicted octanol–water partition coefficient (Wildman–Crippen LogP) is 3.78. The number of nitrogens with one attached hydrogen (secondary N) is 1. The molecule has 1 atom stereocenters. The van der Waals surface area contributed by atoms with Crippen molar-refractivity contribution in [1.82, 2.24) is 9.97 Å². The van der Waals surface area contributed by atoms with Crippen LogP contribution in [0.5, 0.6) is 0 Å². The molecule has 2 aromatic rings.